The maximum absolute atomic E-state index is 13.4. The summed E-state index contributed by atoms with van der Waals surface area (Å²) < 4.78 is 44.2. The van der Waals surface area contributed by atoms with Gasteiger partial charge in [-0.2, -0.15) is 5.10 Å². The van der Waals surface area contributed by atoms with E-state index in [0.717, 1.165) is 34.5 Å². The molecule has 7 nitrogen and oxygen atoms in total. The number of fused-ring (bicyclic) bond motifs is 1. The Kier molecular flexibility index (Phi) is 6.87. The molecule has 0 aliphatic rings. The van der Waals surface area contributed by atoms with Gasteiger partial charge in [0, 0.05) is 29.6 Å². The molecule has 0 saturated carbocycles. The standard InChI is InChI=1S/C26H25F3N4O3/c1-4-32-24-23(17(3)31-33(24)19-8-6-5-7-9-19)16(2)21(25(32)35)14-15-22(34)30-18-10-12-20(13-11-18)36-26(27,28)29/h5-13H,4,14-15H2,1-3H3,(H,30,34). The second-order valence-electron chi connectivity index (χ2n) is 8.30. The van der Waals surface area contributed by atoms with Gasteiger partial charge in [0.15, 0.2) is 0 Å². The Hall–Kier alpha value is -4.08. The van der Waals surface area contributed by atoms with Crippen LogP contribution in [0.15, 0.2) is 59.4 Å². The van der Waals surface area contributed by atoms with E-state index in [0.29, 0.717) is 23.4 Å². The topological polar surface area (TPSA) is 78.2 Å². The summed E-state index contributed by atoms with van der Waals surface area (Å²) in [5, 5.41) is 8.20. The van der Waals surface area contributed by atoms with Gasteiger partial charge in [-0.1, -0.05) is 18.2 Å². The monoisotopic (exact) mass is 498 g/mol. The van der Waals surface area contributed by atoms with Crippen LogP contribution in [0.3, 0.4) is 0 Å². The van der Waals surface area contributed by atoms with Crippen molar-refractivity contribution in [1.82, 2.24) is 14.3 Å². The van der Waals surface area contributed by atoms with Gasteiger partial charge in [0.05, 0.1) is 11.4 Å². The number of alkyl halides is 3. The summed E-state index contributed by atoms with van der Waals surface area (Å²) in [7, 11) is 0. The number of halogens is 3. The van der Waals surface area contributed by atoms with Gasteiger partial charge in [0.1, 0.15) is 11.4 Å². The smallest absolute Gasteiger partial charge is 0.406 e. The molecule has 0 aliphatic carbocycles. The van der Waals surface area contributed by atoms with E-state index in [2.05, 4.69) is 15.2 Å². The van der Waals surface area contributed by atoms with Crippen LogP contribution in [0.1, 0.15) is 30.2 Å². The van der Waals surface area contributed by atoms with Crippen molar-refractivity contribution >= 4 is 22.6 Å². The minimum atomic E-state index is -4.79. The highest BCUT2D eigenvalue weighted by molar-refractivity contribution is 5.91. The molecule has 0 spiro atoms. The Labute approximate surface area is 205 Å². The van der Waals surface area contributed by atoms with Crippen LogP contribution in [0.4, 0.5) is 18.9 Å². The van der Waals surface area contributed by atoms with Gasteiger partial charge in [-0.05, 0) is 69.2 Å². The third-order valence-corrected chi connectivity index (χ3v) is 5.91. The quantitative estimate of drug-likeness (QED) is 0.375. The summed E-state index contributed by atoms with van der Waals surface area (Å²) in [5.41, 5.74) is 3.78. The first-order valence-electron chi connectivity index (χ1n) is 11.4. The average Bonchev–Trinajstić information content (AvgIpc) is 3.17. The number of anilines is 1. The number of aryl methyl sites for hydroxylation is 3. The molecule has 2 aromatic heterocycles. The molecule has 188 valence electrons. The number of carbonyl (C=O) groups is 1. The maximum atomic E-state index is 13.4. The van der Waals surface area contributed by atoms with E-state index < -0.39 is 6.36 Å². The molecule has 2 aromatic carbocycles. The van der Waals surface area contributed by atoms with Crippen molar-refractivity contribution in [3.05, 3.63) is 81.8 Å². The number of hydrogen-bond donors (Lipinski definition) is 1. The number of amides is 1. The Morgan fingerprint density at radius 1 is 1.06 bits per heavy atom. The van der Waals surface area contributed by atoms with Crippen LogP contribution in [-0.4, -0.2) is 26.6 Å². The van der Waals surface area contributed by atoms with Crippen LogP contribution in [-0.2, 0) is 17.8 Å². The first-order chi connectivity index (χ1) is 17.1. The van der Waals surface area contributed by atoms with Gasteiger partial charge in [0.2, 0.25) is 5.91 Å². The second-order valence-corrected chi connectivity index (χ2v) is 8.30. The highest BCUT2D eigenvalue weighted by Gasteiger charge is 2.31. The van der Waals surface area contributed by atoms with E-state index >= 15 is 0 Å². The molecule has 1 amide bonds. The Morgan fingerprint density at radius 3 is 2.33 bits per heavy atom. The van der Waals surface area contributed by atoms with E-state index in [-0.39, 0.29) is 30.1 Å². The fraction of sp³-hybridized carbons (Fsp3) is 0.269. The summed E-state index contributed by atoms with van der Waals surface area (Å²) in [6.45, 7) is 6.07. The Balaban J connectivity index is 1.58. The number of aromatic nitrogens is 3. The van der Waals surface area contributed by atoms with E-state index in [1.807, 2.05) is 51.1 Å². The van der Waals surface area contributed by atoms with Crippen molar-refractivity contribution in [1.29, 1.82) is 0 Å². The molecular weight excluding hydrogens is 473 g/mol. The molecule has 4 aromatic rings. The fourth-order valence-electron chi connectivity index (χ4n) is 4.31. The van der Waals surface area contributed by atoms with Gasteiger partial charge >= 0.3 is 6.36 Å². The van der Waals surface area contributed by atoms with E-state index in [1.165, 1.54) is 12.1 Å². The molecule has 4 rings (SSSR count). The van der Waals surface area contributed by atoms with Crippen LogP contribution < -0.4 is 15.6 Å². The van der Waals surface area contributed by atoms with Crippen molar-refractivity contribution in [2.45, 2.75) is 46.5 Å². The largest absolute Gasteiger partial charge is 0.573 e. The van der Waals surface area contributed by atoms with E-state index in [1.54, 1.807) is 9.25 Å². The molecule has 36 heavy (non-hydrogen) atoms. The lowest BCUT2D eigenvalue weighted by atomic mass is 10.0. The minimum Gasteiger partial charge on any atom is -0.406 e. The molecule has 0 fully saturated rings. The van der Waals surface area contributed by atoms with Gasteiger partial charge in [-0.15, -0.1) is 13.2 Å². The zero-order valence-corrected chi connectivity index (χ0v) is 20.0. The molecule has 0 aliphatic heterocycles. The first kappa shape index (κ1) is 25.0. The van der Waals surface area contributed by atoms with Crippen molar-refractivity contribution in [2.24, 2.45) is 0 Å². The van der Waals surface area contributed by atoms with Crippen molar-refractivity contribution in [2.75, 3.05) is 5.32 Å². The summed E-state index contributed by atoms with van der Waals surface area (Å²) in [5.74, 6) is -0.742. The molecule has 1 N–H and O–H groups in total. The summed E-state index contributed by atoms with van der Waals surface area (Å²) in [6, 6.07) is 14.4. The number of ether oxygens (including phenoxy) is 1. The lowest BCUT2D eigenvalue weighted by Gasteiger charge is -2.14. The highest BCUT2D eigenvalue weighted by atomic mass is 19.4. The predicted molar refractivity (Wildman–Crippen MR) is 131 cm³/mol. The van der Waals surface area contributed by atoms with Crippen LogP contribution in [0.5, 0.6) is 5.75 Å². The van der Waals surface area contributed by atoms with Gasteiger partial charge < -0.3 is 10.1 Å². The number of nitrogens with one attached hydrogen (secondary N) is 1. The molecule has 0 bridgehead atoms. The number of nitrogens with zero attached hydrogens (tertiary/aromatic N) is 3. The third-order valence-electron chi connectivity index (χ3n) is 5.91. The van der Waals surface area contributed by atoms with Gasteiger partial charge in [0.25, 0.3) is 5.56 Å². The molecule has 0 saturated heterocycles. The molecular formula is C26H25F3N4O3. The highest BCUT2D eigenvalue weighted by Crippen LogP contribution is 2.27. The fourth-order valence-corrected chi connectivity index (χ4v) is 4.31. The maximum Gasteiger partial charge on any atom is 0.573 e. The van der Waals surface area contributed by atoms with Crippen LogP contribution in [0, 0.1) is 13.8 Å². The average molecular weight is 499 g/mol. The number of pyridine rings is 1. The molecule has 0 unspecified atom stereocenters. The van der Waals surface area contributed by atoms with E-state index in [9.17, 15) is 22.8 Å². The first-order valence-corrected chi connectivity index (χ1v) is 11.4. The number of rotatable bonds is 7. The molecule has 0 atom stereocenters. The number of benzene rings is 2. The molecule has 10 heteroatoms. The van der Waals surface area contributed by atoms with Crippen LogP contribution in [0.2, 0.25) is 0 Å². The van der Waals surface area contributed by atoms with Gasteiger partial charge in [-0.3, -0.25) is 14.2 Å². The lowest BCUT2D eigenvalue weighted by molar-refractivity contribution is -0.274. The number of carbonyl (C=O) groups excluding carboxylic acids is 1. The normalized spacial score (nSPS) is 11.6. The SMILES string of the molecule is CCn1c(=O)c(CCC(=O)Nc2ccc(OC(F)(F)F)cc2)c(C)c2c(C)nn(-c3ccccc3)c21. The molecule has 2 heterocycles. The van der Waals surface area contributed by atoms with Crippen molar-refractivity contribution in [3.8, 4) is 11.4 Å². The van der Waals surface area contributed by atoms with Crippen molar-refractivity contribution in [3.63, 3.8) is 0 Å². The van der Waals surface area contributed by atoms with Gasteiger partial charge in [-0.25, -0.2) is 4.68 Å². The summed E-state index contributed by atoms with van der Waals surface area (Å²) >= 11 is 0. The third kappa shape index (κ3) is 5.12. The Morgan fingerprint density at radius 2 is 1.72 bits per heavy atom. The van der Waals surface area contributed by atoms with E-state index in [4.69, 9.17) is 0 Å². The number of para-hydroxylation sites is 1. The number of hydrogen-bond acceptors (Lipinski definition) is 4. The summed E-state index contributed by atoms with van der Waals surface area (Å²) in [4.78, 5) is 26.0. The predicted octanol–water partition coefficient (Wildman–Crippen LogP) is 5.29. The Bertz CT molecular complexity index is 1460. The zero-order chi connectivity index (χ0) is 26.0. The molecule has 0 radical (unpaired) electrons. The van der Waals surface area contributed by atoms with Crippen LogP contribution >= 0.6 is 0 Å². The summed E-state index contributed by atoms with van der Waals surface area (Å²) in [6.07, 6.45) is -4.55. The zero-order valence-electron chi connectivity index (χ0n) is 20.0. The minimum absolute atomic E-state index is 0.0258. The van der Waals surface area contributed by atoms with Crippen LogP contribution in [0.25, 0.3) is 16.7 Å². The lowest BCUT2D eigenvalue weighted by Crippen LogP contribution is -2.27. The second kappa shape index (κ2) is 9.88. The van der Waals surface area contributed by atoms with Crippen molar-refractivity contribution < 1.29 is 22.7 Å².